The molecule has 0 aliphatic carbocycles. The van der Waals surface area contributed by atoms with E-state index in [0.717, 1.165) is 5.56 Å². The Kier molecular flexibility index (Phi) is 9.67. The Morgan fingerprint density at radius 1 is 1.00 bits per heavy atom. The summed E-state index contributed by atoms with van der Waals surface area (Å²) >= 11 is 12.8. The number of carbonyl (C=O) groups is 2. The van der Waals surface area contributed by atoms with Gasteiger partial charge in [-0.3, -0.25) is 9.59 Å². The van der Waals surface area contributed by atoms with Crippen LogP contribution >= 0.6 is 23.2 Å². The van der Waals surface area contributed by atoms with Gasteiger partial charge in [0.15, 0.2) is 0 Å². The van der Waals surface area contributed by atoms with Gasteiger partial charge >= 0.3 is 0 Å². The molecule has 2 rings (SSSR count). The van der Waals surface area contributed by atoms with Gasteiger partial charge in [-0.05, 0) is 30.0 Å². The van der Waals surface area contributed by atoms with Crippen LogP contribution in [0.25, 0.3) is 0 Å². The van der Waals surface area contributed by atoms with E-state index < -0.39 is 6.04 Å². The number of nitrogens with zero attached hydrogens (tertiary/aromatic N) is 1. The number of halogens is 2. The van der Waals surface area contributed by atoms with Gasteiger partial charge in [0.25, 0.3) is 0 Å². The number of carbonyl (C=O) groups excluding carboxylic acids is 2. The van der Waals surface area contributed by atoms with Crippen molar-refractivity contribution in [3.05, 3.63) is 69.7 Å². The first kappa shape index (κ1) is 24.2. The highest BCUT2D eigenvalue weighted by molar-refractivity contribution is 6.36. The predicted molar refractivity (Wildman–Crippen MR) is 124 cm³/mol. The molecule has 6 heteroatoms. The van der Waals surface area contributed by atoms with Crippen molar-refractivity contribution >= 4 is 35.0 Å². The fourth-order valence-electron chi connectivity index (χ4n) is 3.19. The SMILES string of the molecule is CCCC(=O)N(Cc1c(Cl)cccc1Cl)C(Cc1ccccc1)C(=O)NCC(C)C. The monoisotopic (exact) mass is 448 g/mol. The topological polar surface area (TPSA) is 49.4 Å². The van der Waals surface area contributed by atoms with Crippen LogP contribution < -0.4 is 5.32 Å². The molecular formula is C24H30Cl2N2O2. The van der Waals surface area contributed by atoms with E-state index in [1.54, 1.807) is 23.1 Å². The first-order chi connectivity index (χ1) is 14.3. The Morgan fingerprint density at radius 3 is 2.20 bits per heavy atom. The number of nitrogens with one attached hydrogen (secondary N) is 1. The molecule has 0 aliphatic heterocycles. The van der Waals surface area contributed by atoms with Crippen LogP contribution in [0.5, 0.6) is 0 Å². The molecule has 0 radical (unpaired) electrons. The molecule has 2 amide bonds. The van der Waals surface area contributed by atoms with E-state index in [4.69, 9.17) is 23.2 Å². The molecule has 0 aromatic heterocycles. The average Bonchev–Trinajstić information content (AvgIpc) is 2.71. The largest absolute Gasteiger partial charge is 0.354 e. The van der Waals surface area contributed by atoms with Crippen LogP contribution in [0.2, 0.25) is 10.0 Å². The molecule has 30 heavy (non-hydrogen) atoms. The van der Waals surface area contributed by atoms with Gasteiger partial charge in [0.1, 0.15) is 6.04 Å². The summed E-state index contributed by atoms with van der Waals surface area (Å²) in [7, 11) is 0. The fourth-order valence-corrected chi connectivity index (χ4v) is 3.70. The van der Waals surface area contributed by atoms with Crippen LogP contribution in [-0.4, -0.2) is 29.3 Å². The summed E-state index contributed by atoms with van der Waals surface area (Å²) in [5.74, 6) is 0.0541. The van der Waals surface area contributed by atoms with Crippen molar-refractivity contribution < 1.29 is 9.59 Å². The van der Waals surface area contributed by atoms with E-state index >= 15 is 0 Å². The molecule has 1 unspecified atom stereocenters. The second-order valence-corrected chi connectivity index (χ2v) is 8.63. The standard InChI is InChI=1S/C24H30Cl2N2O2/c1-4-9-23(29)28(16-19-20(25)12-8-13-21(19)26)22(24(30)27-15-17(2)3)14-18-10-6-5-7-11-18/h5-8,10-13,17,22H,4,9,14-16H2,1-3H3,(H,27,30). The molecule has 0 fully saturated rings. The van der Waals surface area contributed by atoms with Crippen molar-refractivity contribution in [1.82, 2.24) is 10.2 Å². The maximum absolute atomic E-state index is 13.2. The van der Waals surface area contributed by atoms with Crippen molar-refractivity contribution in [2.24, 2.45) is 5.92 Å². The lowest BCUT2D eigenvalue weighted by molar-refractivity contribution is -0.141. The molecule has 0 heterocycles. The quantitative estimate of drug-likeness (QED) is 0.520. The second kappa shape index (κ2) is 12.0. The first-order valence-corrected chi connectivity index (χ1v) is 11.1. The molecule has 0 saturated carbocycles. The Bertz CT molecular complexity index is 820. The van der Waals surface area contributed by atoms with Crippen LogP contribution in [0.3, 0.4) is 0 Å². The minimum Gasteiger partial charge on any atom is -0.354 e. The molecular weight excluding hydrogens is 419 g/mol. The highest BCUT2D eigenvalue weighted by Gasteiger charge is 2.30. The number of benzene rings is 2. The molecule has 162 valence electrons. The zero-order valence-corrected chi connectivity index (χ0v) is 19.3. The highest BCUT2D eigenvalue weighted by Crippen LogP contribution is 2.27. The van der Waals surface area contributed by atoms with Crippen molar-refractivity contribution in [1.29, 1.82) is 0 Å². The first-order valence-electron chi connectivity index (χ1n) is 10.4. The van der Waals surface area contributed by atoms with Crippen molar-refractivity contribution in [3.8, 4) is 0 Å². The molecule has 2 aromatic carbocycles. The third kappa shape index (κ3) is 7.03. The zero-order valence-electron chi connectivity index (χ0n) is 17.8. The Morgan fingerprint density at radius 2 is 1.63 bits per heavy atom. The average molecular weight is 449 g/mol. The summed E-state index contributed by atoms with van der Waals surface area (Å²) in [5, 5.41) is 3.96. The lowest BCUT2D eigenvalue weighted by Gasteiger charge is -2.32. The van der Waals surface area contributed by atoms with E-state index in [9.17, 15) is 9.59 Å². The molecule has 2 aromatic rings. The third-order valence-corrected chi connectivity index (χ3v) is 5.52. The van der Waals surface area contributed by atoms with Crippen molar-refractivity contribution in [2.75, 3.05) is 6.54 Å². The normalized spacial score (nSPS) is 11.9. The summed E-state index contributed by atoms with van der Waals surface area (Å²) in [6, 6.07) is 14.3. The second-order valence-electron chi connectivity index (χ2n) is 7.82. The summed E-state index contributed by atoms with van der Waals surface area (Å²) in [4.78, 5) is 27.9. The maximum Gasteiger partial charge on any atom is 0.243 e. The van der Waals surface area contributed by atoms with Crippen LogP contribution in [0.15, 0.2) is 48.5 Å². The Balaban J connectivity index is 2.41. The summed E-state index contributed by atoms with van der Waals surface area (Å²) in [6.07, 6.45) is 1.46. The van der Waals surface area contributed by atoms with Crippen LogP contribution in [0.4, 0.5) is 0 Å². The number of amides is 2. The lowest BCUT2D eigenvalue weighted by Crippen LogP contribution is -2.51. The summed E-state index contributed by atoms with van der Waals surface area (Å²) in [6.45, 7) is 6.76. The van der Waals surface area contributed by atoms with E-state index in [2.05, 4.69) is 5.32 Å². The molecule has 1 atom stereocenters. The Labute approximate surface area is 189 Å². The molecule has 1 N–H and O–H groups in total. The lowest BCUT2D eigenvalue weighted by atomic mass is 10.0. The van der Waals surface area contributed by atoms with Gasteiger partial charge in [-0.1, -0.05) is 80.4 Å². The number of hydrogen-bond donors (Lipinski definition) is 1. The maximum atomic E-state index is 13.2. The molecule has 0 aliphatic rings. The van der Waals surface area contributed by atoms with Crippen LogP contribution in [-0.2, 0) is 22.6 Å². The predicted octanol–water partition coefficient (Wildman–Crippen LogP) is 5.51. The highest BCUT2D eigenvalue weighted by atomic mass is 35.5. The van der Waals surface area contributed by atoms with Gasteiger partial charge in [0, 0.05) is 41.5 Å². The van der Waals surface area contributed by atoms with Crippen molar-refractivity contribution in [2.45, 2.75) is 52.6 Å². The third-order valence-electron chi connectivity index (χ3n) is 4.81. The molecule has 0 spiro atoms. The van der Waals surface area contributed by atoms with Crippen LogP contribution in [0, 0.1) is 5.92 Å². The van der Waals surface area contributed by atoms with Gasteiger partial charge in [-0.15, -0.1) is 0 Å². The van der Waals surface area contributed by atoms with Crippen LogP contribution in [0.1, 0.15) is 44.7 Å². The summed E-state index contributed by atoms with van der Waals surface area (Å²) < 4.78 is 0. The van der Waals surface area contributed by atoms with E-state index in [1.807, 2.05) is 51.1 Å². The van der Waals surface area contributed by atoms with Gasteiger partial charge < -0.3 is 10.2 Å². The molecule has 0 bridgehead atoms. The van der Waals surface area contributed by atoms with E-state index in [1.165, 1.54) is 0 Å². The number of rotatable bonds is 10. The minimum atomic E-state index is -0.655. The van der Waals surface area contributed by atoms with Crippen molar-refractivity contribution in [3.63, 3.8) is 0 Å². The number of hydrogen-bond acceptors (Lipinski definition) is 2. The molecule has 0 saturated heterocycles. The van der Waals surface area contributed by atoms with Gasteiger partial charge in [-0.2, -0.15) is 0 Å². The van der Waals surface area contributed by atoms with Gasteiger partial charge in [0.2, 0.25) is 11.8 Å². The minimum absolute atomic E-state index is 0.0888. The Hall–Kier alpha value is -2.04. The zero-order chi connectivity index (χ0) is 22.1. The fraction of sp³-hybridized carbons (Fsp3) is 0.417. The van der Waals surface area contributed by atoms with E-state index in [0.29, 0.717) is 47.3 Å². The van der Waals surface area contributed by atoms with Gasteiger partial charge in [0.05, 0.1) is 0 Å². The van der Waals surface area contributed by atoms with Gasteiger partial charge in [-0.25, -0.2) is 0 Å². The van der Waals surface area contributed by atoms with E-state index in [-0.39, 0.29) is 18.4 Å². The smallest absolute Gasteiger partial charge is 0.243 e. The molecule has 4 nitrogen and oxygen atoms in total. The summed E-state index contributed by atoms with van der Waals surface area (Å²) in [5.41, 5.74) is 1.64.